The lowest BCUT2D eigenvalue weighted by atomic mass is 9.43. The van der Waals surface area contributed by atoms with Gasteiger partial charge >= 0.3 is 23.9 Å². The average molecular weight is 1610 g/mol. The lowest BCUT2D eigenvalue weighted by Gasteiger charge is -2.64. The summed E-state index contributed by atoms with van der Waals surface area (Å²) >= 11 is 0. The van der Waals surface area contributed by atoms with E-state index in [4.69, 9.17) is 37.9 Å². The second-order valence-electron chi connectivity index (χ2n) is 44.9. The van der Waals surface area contributed by atoms with Gasteiger partial charge < -0.3 is 53.2 Å². The topological polar surface area (TPSA) is 254 Å². The third-order valence-electron chi connectivity index (χ3n) is 38.2. The number of hydrogen-bond acceptors (Lipinski definition) is 18. The number of carbonyl (C=O) groups excluding carboxylic acids is 7. The van der Waals surface area contributed by atoms with Gasteiger partial charge in [-0.05, 0) is 393 Å². The van der Waals surface area contributed by atoms with Gasteiger partial charge in [0.25, 0.3) is 19.4 Å². The van der Waals surface area contributed by atoms with Gasteiger partial charge in [0.05, 0.1) is 36.3 Å². The zero-order chi connectivity index (χ0) is 81.5. The molecule has 18 heteroatoms. The van der Waals surface area contributed by atoms with Crippen LogP contribution in [0.15, 0.2) is 0 Å². The summed E-state index contributed by atoms with van der Waals surface area (Å²) in [5, 5.41) is 33.3. The second-order valence-corrected chi connectivity index (χ2v) is 44.9. The van der Waals surface area contributed by atoms with E-state index in [0.717, 1.165) is 215 Å². The molecule has 0 spiro atoms. The van der Waals surface area contributed by atoms with Gasteiger partial charge in [0.1, 0.15) is 35.1 Å². The summed E-state index contributed by atoms with van der Waals surface area (Å²) in [6, 6.07) is 0. The van der Waals surface area contributed by atoms with Crippen LogP contribution in [0.2, 0.25) is 0 Å². The van der Waals surface area contributed by atoms with Gasteiger partial charge in [0, 0.05) is 30.6 Å². The molecule has 0 radical (unpaired) electrons. The number of rotatable bonds is 21. The summed E-state index contributed by atoms with van der Waals surface area (Å²) in [5.74, 6) is 10.3. The molecule has 0 amide bonds. The first kappa shape index (κ1) is 86.1. The van der Waals surface area contributed by atoms with Crippen LogP contribution in [0.25, 0.3) is 0 Å². The van der Waals surface area contributed by atoms with Crippen LogP contribution >= 0.6 is 0 Å². The molecular weight excluding hydrogens is 1450 g/mol. The molecule has 0 aromatic rings. The molecule has 32 atom stereocenters. The molecule has 19 rings (SSSR count). The highest BCUT2D eigenvalue weighted by Gasteiger charge is 2.70. The van der Waals surface area contributed by atoms with Crippen molar-refractivity contribution in [1.29, 1.82) is 0 Å². The zero-order valence-corrected chi connectivity index (χ0v) is 72.6. The molecule has 3 N–H and O–H groups in total. The van der Waals surface area contributed by atoms with Crippen LogP contribution in [0.4, 0.5) is 0 Å². The third-order valence-corrected chi connectivity index (χ3v) is 38.2. The number of fused-ring (bicyclic) bond motifs is 16. The number of aliphatic hydroxyl groups excluding tert-OH is 3. The summed E-state index contributed by atoms with van der Waals surface area (Å²) in [6.07, 6.45) is 40.4. The predicted octanol–water partition coefficient (Wildman–Crippen LogP) is 18.3. The summed E-state index contributed by atoms with van der Waals surface area (Å²) < 4.78 is 46.5. The van der Waals surface area contributed by atoms with Crippen LogP contribution in [-0.2, 0) is 71.5 Å². The Labute approximate surface area is 689 Å². The summed E-state index contributed by atoms with van der Waals surface area (Å²) in [5.41, 5.74) is -1.26. The first-order valence-electron chi connectivity index (χ1n) is 47.6. The van der Waals surface area contributed by atoms with E-state index >= 15 is 0 Å². The maximum absolute atomic E-state index is 13.3. The minimum Gasteiger partial charge on any atom is -0.465 e. The van der Waals surface area contributed by atoms with Gasteiger partial charge in [-0.25, -0.2) is 0 Å². The average Bonchev–Trinajstić information content (AvgIpc) is 1.63. The fraction of sp³-hybridized carbons (Fsp3) is 0.928. The Morgan fingerprint density at radius 1 is 0.504 bits per heavy atom. The molecule has 10 bridgehead atoms. The Hall–Kier alpha value is -3.87. The summed E-state index contributed by atoms with van der Waals surface area (Å²) in [4.78, 5) is 85.7. The molecule has 0 aromatic heterocycles. The lowest BCUT2D eigenvalue weighted by molar-refractivity contribution is -0.218. The van der Waals surface area contributed by atoms with Crippen molar-refractivity contribution in [3.63, 3.8) is 0 Å². The zero-order valence-electron chi connectivity index (χ0n) is 72.6. The molecule has 648 valence electrons. The standard InChI is InChI=1S/C36H54O8.C28H48O5.C20H30O2.C13H20O3/c1-5-36(18-23-7-8-24(36)14-23)44-32(40)11-6-22(2)27-9-10-28-33-29(17-31(43-21-39)35(27,28)4)34(3)13-12-26(41-19-37)15-25(34)16-30(33)42-20-38;1-16(7-10-24(32)33-26(2,3)4)19-8-9-20-25-21(15-23(31)28(19,20)6)27(5)12-11-18(29)13-17(27)14-22(25)30;1-2-20(12-13-3-4-17(20)8-13)22-18(21)19-9-14-5-15(10-19)7-16(6-14)11-19;14-13(16-12-3-1-2-6-15-12)11-8-9-4-5-10(11)7-9/h19-31,33H,5-18H2,1-4H3;16-23,25,29-31H,7-15H2,1-6H3;13-17H,2-12H2,1H3;9-12H,1-8H2/t22-,23-,24+,25+,26-,27-,28+,29+,30-,31+,33+,34+,35-,36+;16-,17+,18-,19-,20+,21+,22-,23+,25+,27+,28-;13-,14?,15?,16?,17+,19?,20+;9-,10+,11?,12?/m1100/s1. The van der Waals surface area contributed by atoms with E-state index in [2.05, 4.69) is 55.4 Å². The van der Waals surface area contributed by atoms with Crippen molar-refractivity contribution in [1.82, 2.24) is 0 Å². The van der Waals surface area contributed by atoms with E-state index in [0.29, 0.717) is 79.6 Å². The first-order chi connectivity index (χ1) is 54.8. The molecule has 1 heterocycles. The number of hydrogen-bond donors (Lipinski definition) is 3. The van der Waals surface area contributed by atoms with Crippen LogP contribution < -0.4 is 0 Å². The number of esters is 4. The van der Waals surface area contributed by atoms with E-state index in [1.54, 1.807) is 0 Å². The highest BCUT2D eigenvalue weighted by molar-refractivity contribution is 5.78. The van der Waals surface area contributed by atoms with E-state index in [1.807, 2.05) is 20.8 Å². The third kappa shape index (κ3) is 16.4. The molecule has 0 aromatic carbocycles. The second kappa shape index (κ2) is 34.1. The van der Waals surface area contributed by atoms with Gasteiger partial charge in [-0.1, -0.05) is 61.8 Å². The normalized spacial score (nSPS) is 48.6. The van der Waals surface area contributed by atoms with Crippen LogP contribution in [0.5, 0.6) is 0 Å². The molecule has 18 aliphatic carbocycles. The van der Waals surface area contributed by atoms with Gasteiger partial charge in [-0.2, -0.15) is 0 Å². The SMILES string of the molecule is CC[C@@]1(OC(=O)C23CC4CC(CC(C4)C2)C3)C[C@H]2CC[C@@H]1C2.CC[C@]1(OC(=O)CC[C@@H](C)[C@H]2CC[C@H]3[C@@H]4[C@H](OC=O)C[C@@H]5C[C@H](OC=O)CC[C@]5(C)[C@H]4C[C@H](OC=O)[C@]23C)C[C@@H]2CC[C@H]1C2.C[C@H](CCC(=O)OC(C)(C)C)[C@H]1CC[C@H]2[C@@H]3[C@H](O)C[C@@H]4C[C@H](O)CC[C@]4(C)[C@H]3C[C@H](O)[C@]12C.O=C(OC1CCCCO1)C1C[C@H]2CC[C@@H]1C2. The Balaban J connectivity index is 0.000000128. The van der Waals surface area contributed by atoms with Crippen molar-refractivity contribution in [3.8, 4) is 0 Å². The van der Waals surface area contributed by atoms with Gasteiger partial charge in [-0.3, -0.25) is 33.6 Å². The van der Waals surface area contributed by atoms with E-state index in [-0.39, 0.29) is 152 Å². The molecule has 18 saturated carbocycles. The monoisotopic (exact) mass is 1610 g/mol. The van der Waals surface area contributed by atoms with Crippen molar-refractivity contribution in [3.05, 3.63) is 0 Å². The molecular formula is C97H152O18. The fourth-order valence-electron chi connectivity index (χ4n) is 32.9. The minimum atomic E-state index is -0.459. The Kier molecular flexibility index (Phi) is 25.5. The van der Waals surface area contributed by atoms with Crippen molar-refractivity contribution >= 4 is 43.3 Å². The van der Waals surface area contributed by atoms with Crippen molar-refractivity contribution in [2.24, 2.45) is 157 Å². The number of carbonyl (C=O) groups is 7. The number of aliphatic hydroxyl groups is 3. The molecule has 18 nitrogen and oxygen atoms in total. The van der Waals surface area contributed by atoms with E-state index in [1.165, 1.54) is 77.0 Å². The first-order valence-corrected chi connectivity index (χ1v) is 47.6. The summed E-state index contributed by atoms with van der Waals surface area (Å²) in [7, 11) is 0. The largest absolute Gasteiger partial charge is 0.465 e. The molecule has 1 saturated heterocycles. The Morgan fingerprint density at radius 2 is 1.08 bits per heavy atom. The highest BCUT2D eigenvalue weighted by Crippen LogP contribution is 2.72. The molecule has 19 aliphatic rings. The van der Waals surface area contributed by atoms with Crippen molar-refractivity contribution in [2.75, 3.05) is 6.61 Å². The van der Waals surface area contributed by atoms with Gasteiger partial charge in [0.2, 0.25) is 6.29 Å². The van der Waals surface area contributed by atoms with Crippen LogP contribution in [0.1, 0.15) is 339 Å². The van der Waals surface area contributed by atoms with Crippen molar-refractivity contribution < 1.29 is 86.8 Å². The molecule has 115 heavy (non-hydrogen) atoms. The van der Waals surface area contributed by atoms with Crippen molar-refractivity contribution in [2.45, 2.75) is 399 Å². The van der Waals surface area contributed by atoms with Gasteiger partial charge in [-0.15, -0.1) is 0 Å². The maximum Gasteiger partial charge on any atom is 0.312 e. The van der Waals surface area contributed by atoms with Crippen LogP contribution in [0, 0.1) is 157 Å². The maximum atomic E-state index is 13.3. The fourth-order valence-corrected chi connectivity index (χ4v) is 32.9. The Bertz CT molecular complexity index is 3380. The van der Waals surface area contributed by atoms with E-state index < -0.39 is 5.60 Å². The minimum absolute atomic E-state index is 0.00956. The molecule has 2 unspecified atom stereocenters. The summed E-state index contributed by atoms with van der Waals surface area (Å²) in [6.45, 7) is 26.5. The van der Waals surface area contributed by atoms with E-state index in [9.17, 15) is 48.9 Å². The quantitative estimate of drug-likeness (QED) is 0.0548. The van der Waals surface area contributed by atoms with Crippen LogP contribution in [-0.4, -0.2) is 125 Å². The number of ether oxygens (including phenoxy) is 8. The Morgan fingerprint density at radius 3 is 1.63 bits per heavy atom. The predicted molar refractivity (Wildman–Crippen MR) is 434 cm³/mol. The highest BCUT2D eigenvalue weighted by atomic mass is 16.7. The smallest absolute Gasteiger partial charge is 0.312 e. The lowest BCUT2D eigenvalue weighted by Crippen LogP contribution is -2.63. The van der Waals surface area contributed by atoms with Crippen LogP contribution in [0.3, 0.4) is 0 Å². The molecule has 1 aliphatic heterocycles. The van der Waals surface area contributed by atoms with Gasteiger partial charge in [0.15, 0.2) is 0 Å². The molecule has 19 fully saturated rings.